The van der Waals surface area contributed by atoms with Gasteiger partial charge in [0.2, 0.25) is 0 Å². The molecule has 0 saturated heterocycles. The summed E-state index contributed by atoms with van der Waals surface area (Å²) in [4.78, 5) is 12.3. The highest BCUT2D eigenvalue weighted by molar-refractivity contribution is 6.30. The summed E-state index contributed by atoms with van der Waals surface area (Å²) in [6.45, 7) is 3.87. The summed E-state index contributed by atoms with van der Waals surface area (Å²) in [5, 5.41) is 15.2. The number of carboxylic acids is 1. The molecule has 0 aliphatic heterocycles. The monoisotopic (exact) mass is 432 g/mol. The van der Waals surface area contributed by atoms with Gasteiger partial charge in [0.15, 0.2) is 0 Å². The van der Waals surface area contributed by atoms with Crippen LogP contribution in [0.25, 0.3) is 10.9 Å². The van der Waals surface area contributed by atoms with E-state index in [4.69, 9.17) is 11.6 Å². The second-order valence-corrected chi connectivity index (χ2v) is 8.24. The molecule has 0 bridgehead atoms. The molecule has 0 radical (unpaired) electrons. The maximum atomic E-state index is 12.3. The molecule has 0 unspecified atom stereocenters. The summed E-state index contributed by atoms with van der Waals surface area (Å²) in [6.07, 6.45) is 0. The minimum absolute atomic E-state index is 0.320. The fraction of sp³-hybridized carbons (Fsp3) is 0.192. The van der Waals surface area contributed by atoms with Gasteiger partial charge in [-0.25, -0.2) is 4.79 Å². The van der Waals surface area contributed by atoms with Crippen molar-refractivity contribution in [2.24, 2.45) is 0 Å². The van der Waals surface area contributed by atoms with Crippen molar-refractivity contribution in [1.29, 1.82) is 0 Å². The number of halogens is 1. The number of rotatable bonds is 8. The van der Waals surface area contributed by atoms with E-state index >= 15 is 0 Å². The first-order valence-corrected chi connectivity index (χ1v) is 10.8. The standard InChI is InChI=1S/C26H25ClN2O2/c1-18(20-9-3-2-4-10-20)15-28-16-23-22-12-5-6-13-24(22)29(25(23)26(30)31)17-19-8-7-11-21(27)14-19/h2-14,18,28H,15-17H2,1H3,(H,30,31)/t18-/m1/s1. The van der Waals surface area contributed by atoms with Gasteiger partial charge >= 0.3 is 5.97 Å². The van der Waals surface area contributed by atoms with Crippen molar-refractivity contribution < 1.29 is 9.90 Å². The third kappa shape index (κ3) is 4.66. The van der Waals surface area contributed by atoms with Gasteiger partial charge in [0, 0.05) is 41.1 Å². The number of nitrogens with zero attached hydrogens (tertiary/aromatic N) is 1. The molecule has 0 saturated carbocycles. The summed E-state index contributed by atoms with van der Waals surface area (Å²) in [7, 11) is 0. The van der Waals surface area contributed by atoms with Crippen molar-refractivity contribution in [2.75, 3.05) is 6.54 Å². The molecule has 3 aromatic carbocycles. The maximum absolute atomic E-state index is 12.3. The van der Waals surface area contributed by atoms with Crippen LogP contribution in [-0.2, 0) is 13.1 Å². The second-order valence-electron chi connectivity index (χ2n) is 7.81. The number of hydrogen-bond donors (Lipinski definition) is 2. The molecule has 1 heterocycles. The predicted molar refractivity (Wildman–Crippen MR) is 126 cm³/mol. The van der Waals surface area contributed by atoms with Crippen molar-refractivity contribution in [3.63, 3.8) is 0 Å². The molecule has 158 valence electrons. The fourth-order valence-corrected chi connectivity index (χ4v) is 4.31. The van der Waals surface area contributed by atoms with E-state index in [2.05, 4.69) is 24.4 Å². The van der Waals surface area contributed by atoms with E-state index in [1.807, 2.05) is 71.3 Å². The first-order chi connectivity index (χ1) is 15.0. The molecule has 0 aliphatic rings. The molecule has 4 nitrogen and oxygen atoms in total. The normalized spacial score (nSPS) is 12.2. The highest BCUT2D eigenvalue weighted by Gasteiger charge is 2.22. The average molecular weight is 433 g/mol. The minimum Gasteiger partial charge on any atom is -0.477 e. The molecule has 0 spiro atoms. The van der Waals surface area contributed by atoms with Crippen molar-refractivity contribution in [2.45, 2.75) is 25.9 Å². The number of fused-ring (bicyclic) bond motifs is 1. The number of para-hydroxylation sites is 1. The predicted octanol–water partition coefficient (Wildman–Crippen LogP) is 5.93. The highest BCUT2D eigenvalue weighted by Crippen LogP contribution is 2.28. The second kappa shape index (κ2) is 9.38. The molecule has 1 aromatic heterocycles. The SMILES string of the molecule is C[C@H](CNCc1c(C(=O)O)n(Cc2cccc(Cl)c2)c2ccccc12)c1ccccc1. The van der Waals surface area contributed by atoms with Crippen molar-refractivity contribution in [1.82, 2.24) is 9.88 Å². The Kier molecular flexibility index (Phi) is 6.40. The van der Waals surface area contributed by atoms with Crippen LogP contribution in [0.5, 0.6) is 0 Å². The zero-order valence-corrected chi connectivity index (χ0v) is 18.1. The molecule has 31 heavy (non-hydrogen) atoms. The van der Waals surface area contributed by atoms with Crippen LogP contribution in [0.4, 0.5) is 0 Å². The van der Waals surface area contributed by atoms with Crippen molar-refractivity contribution in [3.8, 4) is 0 Å². The molecule has 4 aromatic rings. The molecule has 5 heteroatoms. The lowest BCUT2D eigenvalue weighted by atomic mass is 10.0. The summed E-state index contributed by atoms with van der Waals surface area (Å²) in [6, 6.07) is 25.7. The summed E-state index contributed by atoms with van der Waals surface area (Å²) in [5.74, 6) is -0.597. The van der Waals surface area contributed by atoms with Gasteiger partial charge in [-0.1, -0.05) is 79.2 Å². The van der Waals surface area contributed by atoms with Crippen LogP contribution >= 0.6 is 11.6 Å². The van der Waals surface area contributed by atoms with Crippen LogP contribution in [0.2, 0.25) is 5.02 Å². The molecular weight excluding hydrogens is 408 g/mol. The lowest BCUT2D eigenvalue weighted by Gasteiger charge is -2.14. The quantitative estimate of drug-likeness (QED) is 0.362. The number of carboxylic acid groups (broad SMARTS) is 1. The molecule has 0 aliphatic carbocycles. The highest BCUT2D eigenvalue weighted by atomic mass is 35.5. The summed E-state index contributed by atoms with van der Waals surface area (Å²) in [5.41, 5.74) is 4.27. The Morgan fingerprint density at radius 3 is 2.52 bits per heavy atom. The van der Waals surface area contributed by atoms with E-state index in [0.717, 1.165) is 28.6 Å². The Morgan fingerprint density at radius 1 is 1.03 bits per heavy atom. The molecule has 0 fully saturated rings. The topological polar surface area (TPSA) is 54.3 Å². The first-order valence-electron chi connectivity index (χ1n) is 10.4. The van der Waals surface area contributed by atoms with Crippen LogP contribution in [-0.4, -0.2) is 22.2 Å². The average Bonchev–Trinajstić information content (AvgIpc) is 3.08. The molecular formula is C26H25ClN2O2. The Morgan fingerprint density at radius 2 is 1.77 bits per heavy atom. The Hall–Kier alpha value is -3.08. The van der Waals surface area contributed by atoms with Gasteiger partial charge in [0.25, 0.3) is 0 Å². The minimum atomic E-state index is -0.925. The smallest absolute Gasteiger partial charge is 0.352 e. The van der Waals surface area contributed by atoms with E-state index in [0.29, 0.717) is 29.7 Å². The Labute approximate surface area is 187 Å². The van der Waals surface area contributed by atoms with E-state index in [9.17, 15) is 9.90 Å². The number of aromatic nitrogens is 1. The van der Waals surface area contributed by atoms with Crippen LogP contribution in [0, 0.1) is 0 Å². The molecule has 1 atom stereocenters. The van der Waals surface area contributed by atoms with Crippen LogP contribution in [0.1, 0.15) is 40.0 Å². The van der Waals surface area contributed by atoms with E-state index in [-0.39, 0.29) is 0 Å². The molecule has 4 rings (SSSR count). The lowest BCUT2D eigenvalue weighted by molar-refractivity contribution is 0.0685. The zero-order chi connectivity index (χ0) is 21.8. The van der Waals surface area contributed by atoms with Gasteiger partial charge in [-0.05, 0) is 35.2 Å². The first kappa shape index (κ1) is 21.2. The molecule has 0 amide bonds. The van der Waals surface area contributed by atoms with Crippen molar-refractivity contribution >= 4 is 28.5 Å². The van der Waals surface area contributed by atoms with Gasteiger partial charge < -0.3 is 15.0 Å². The third-order valence-electron chi connectivity index (χ3n) is 5.63. The number of hydrogen-bond acceptors (Lipinski definition) is 2. The van der Waals surface area contributed by atoms with Gasteiger partial charge in [-0.3, -0.25) is 0 Å². The maximum Gasteiger partial charge on any atom is 0.352 e. The van der Waals surface area contributed by atoms with E-state index < -0.39 is 5.97 Å². The number of aromatic carboxylic acids is 1. The summed E-state index contributed by atoms with van der Waals surface area (Å²) < 4.78 is 1.88. The van der Waals surface area contributed by atoms with Gasteiger partial charge in [0.1, 0.15) is 5.69 Å². The van der Waals surface area contributed by atoms with Gasteiger partial charge in [-0.2, -0.15) is 0 Å². The van der Waals surface area contributed by atoms with Gasteiger partial charge in [0.05, 0.1) is 0 Å². The van der Waals surface area contributed by atoms with Crippen molar-refractivity contribution in [3.05, 3.63) is 106 Å². The van der Waals surface area contributed by atoms with Crippen LogP contribution in [0.3, 0.4) is 0 Å². The zero-order valence-electron chi connectivity index (χ0n) is 17.4. The third-order valence-corrected chi connectivity index (χ3v) is 5.86. The summed E-state index contributed by atoms with van der Waals surface area (Å²) >= 11 is 6.15. The largest absolute Gasteiger partial charge is 0.477 e. The van der Waals surface area contributed by atoms with E-state index in [1.54, 1.807) is 0 Å². The van der Waals surface area contributed by atoms with Crippen LogP contribution in [0.15, 0.2) is 78.9 Å². The number of nitrogens with one attached hydrogen (secondary N) is 1. The Bertz CT molecular complexity index is 1200. The number of carbonyl (C=O) groups is 1. The van der Waals surface area contributed by atoms with E-state index in [1.165, 1.54) is 5.56 Å². The van der Waals surface area contributed by atoms with Gasteiger partial charge in [-0.15, -0.1) is 0 Å². The fourth-order valence-electron chi connectivity index (χ4n) is 4.09. The number of benzene rings is 3. The molecule has 2 N–H and O–H groups in total. The lowest BCUT2D eigenvalue weighted by Crippen LogP contribution is -2.21. The Balaban J connectivity index is 1.65. The van der Waals surface area contributed by atoms with Crippen LogP contribution < -0.4 is 5.32 Å².